The van der Waals surface area contributed by atoms with Crippen molar-refractivity contribution >= 4 is 39.5 Å². The van der Waals surface area contributed by atoms with Crippen LogP contribution in [0.4, 0.5) is 5.69 Å². The number of hydrogen-bond acceptors (Lipinski definition) is 5. The van der Waals surface area contributed by atoms with Crippen LogP contribution in [0.5, 0.6) is 0 Å². The molecule has 2 amide bonds. The van der Waals surface area contributed by atoms with E-state index in [1.807, 2.05) is 95.9 Å². The van der Waals surface area contributed by atoms with Crippen LogP contribution in [0.3, 0.4) is 0 Å². The molecule has 9 heteroatoms. The van der Waals surface area contributed by atoms with Crippen molar-refractivity contribution in [2.45, 2.75) is 70.6 Å². The molecule has 1 aliphatic rings. The second-order valence-electron chi connectivity index (χ2n) is 13.0. The standard InChI is InChI=1S/C37H44N4O4S/c1-37(2,3)38-26-28-17-15-27(16-18-28)23-33(36(43)40-21-9-10-22-40)39-35(42)25-34(30-12-5-4-6-13-30)41(46(44)45)32-20-19-29-11-7-8-14-31(29)24-32/h4-8,11-20,24,33-34,38H,9-10,21-23,25-26H2,1-3H3,(H,39,42)(H,44,45)/p-1. The number of nitrogens with zero attached hydrogens (tertiary/aromatic N) is 2. The van der Waals surface area contributed by atoms with E-state index in [-0.39, 0.29) is 17.9 Å². The molecule has 5 rings (SSSR count). The van der Waals surface area contributed by atoms with Gasteiger partial charge in [-0.15, -0.1) is 0 Å². The van der Waals surface area contributed by atoms with Crippen molar-refractivity contribution in [3.8, 4) is 0 Å². The number of fused-ring (bicyclic) bond motifs is 1. The van der Waals surface area contributed by atoms with Crippen molar-refractivity contribution in [1.82, 2.24) is 15.5 Å². The van der Waals surface area contributed by atoms with Gasteiger partial charge in [-0.25, -0.2) is 0 Å². The van der Waals surface area contributed by atoms with Crippen molar-refractivity contribution in [3.05, 3.63) is 114 Å². The highest BCUT2D eigenvalue weighted by molar-refractivity contribution is 7.80. The zero-order valence-corrected chi connectivity index (χ0v) is 27.6. The van der Waals surface area contributed by atoms with Crippen LogP contribution >= 0.6 is 0 Å². The molecule has 46 heavy (non-hydrogen) atoms. The third-order valence-electron chi connectivity index (χ3n) is 8.33. The Morgan fingerprint density at radius 3 is 2.15 bits per heavy atom. The highest BCUT2D eigenvalue weighted by Crippen LogP contribution is 2.33. The largest absolute Gasteiger partial charge is 0.755 e. The van der Waals surface area contributed by atoms with Crippen LogP contribution < -0.4 is 14.9 Å². The third-order valence-corrected chi connectivity index (χ3v) is 9.12. The van der Waals surface area contributed by atoms with Crippen molar-refractivity contribution < 1.29 is 18.4 Å². The van der Waals surface area contributed by atoms with Gasteiger partial charge in [0.05, 0.1) is 12.5 Å². The summed E-state index contributed by atoms with van der Waals surface area (Å²) in [7, 11) is 0. The van der Waals surface area contributed by atoms with Gasteiger partial charge in [-0.05, 0) is 73.2 Å². The van der Waals surface area contributed by atoms with Gasteiger partial charge in [-0.1, -0.05) is 84.9 Å². The molecule has 0 aliphatic carbocycles. The van der Waals surface area contributed by atoms with Crippen molar-refractivity contribution in [3.63, 3.8) is 0 Å². The number of rotatable bonds is 12. The van der Waals surface area contributed by atoms with Gasteiger partial charge in [-0.2, -0.15) is 0 Å². The third kappa shape index (κ3) is 8.81. The topological polar surface area (TPSA) is 105 Å². The molecule has 3 atom stereocenters. The van der Waals surface area contributed by atoms with Gasteiger partial charge in [0.2, 0.25) is 11.8 Å². The second-order valence-corrected chi connectivity index (χ2v) is 13.8. The predicted octanol–water partition coefficient (Wildman–Crippen LogP) is 5.81. The SMILES string of the molecule is CC(C)(C)NCc1ccc(CC(NC(=O)CC(c2ccccc2)N(c2ccc3ccccc3c2)S(=O)[O-])C(=O)N2CCCC2)cc1. The fourth-order valence-electron chi connectivity index (χ4n) is 5.88. The molecule has 1 saturated heterocycles. The summed E-state index contributed by atoms with van der Waals surface area (Å²) in [6.07, 6.45) is 2.06. The van der Waals surface area contributed by atoms with Crippen LogP contribution in [0.15, 0.2) is 97.1 Å². The molecule has 242 valence electrons. The van der Waals surface area contributed by atoms with E-state index in [2.05, 4.69) is 31.4 Å². The van der Waals surface area contributed by atoms with Crippen LogP contribution in [0.1, 0.15) is 62.8 Å². The van der Waals surface area contributed by atoms with Gasteiger partial charge >= 0.3 is 0 Å². The van der Waals surface area contributed by atoms with E-state index in [1.54, 1.807) is 6.07 Å². The highest BCUT2D eigenvalue weighted by atomic mass is 32.2. The molecular weight excluding hydrogens is 596 g/mol. The van der Waals surface area contributed by atoms with E-state index in [4.69, 9.17) is 0 Å². The minimum absolute atomic E-state index is 0.00360. The Balaban J connectivity index is 1.39. The van der Waals surface area contributed by atoms with E-state index in [9.17, 15) is 18.4 Å². The van der Waals surface area contributed by atoms with E-state index >= 15 is 0 Å². The molecule has 0 radical (unpaired) electrons. The van der Waals surface area contributed by atoms with Crippen molar-refractivity contribution in [2.75, 3.05) is 17.4 Å². The van der Waals surface area contributed by atoms with Gasteiger partial charge in [0.1, 0.15) is 6.04 Å². The summed E-state index contributed by atoms with van der Waals surface area (Å²) in [4.78, 5) is 29.3. The van der Waals surface area contributed by atoms with Gasteiger partial charge in [0.25, 0.3) is 0 Å². The molecule has 0 spiro atoms. The Labute approximate surface area is 274 Å². The molecule has 8 nitrogen and oxygen atoms in total. The first-order valence-corrected chi connectivity index (χ1v) is 16.9. The van der Waals surface area contributed by atoms with Gasteiger partial charge in [0.15, 0.2) is 0 Å². The van der Waals surface area contributed by atoms with Crippen molar-refractivity contribution in [1.29, 1.82) is 0 Å². The van der Waals surface area contributed by atoms with Crippen LogP contribution in [-0.4, -0.2) is 50.1 Å². The molecule has 1 aliphatic heterocycles. The summed E-state index contributed by atoms with van der Waals surface area (Å²) in [6.45, 7) is 8.43. The molecule has 3 unspecified atom stereocenters. The first kappa shape index (κ1) is 33.3. The lowest BCUT2D eigenvalue weighted by Gasteiger charge is -2.35. The fraction of sp³-hybridized carbons (Fsp3) is 0.351. The lowest BCUT2D eigenvalue weighted by molar-refractivity contribution is -0.135. The number of hydrogen-bond donors (Lipinski definition) is 2. The zero-order valence-electron chi connectivity index (χ0n) is 26.8. The summed E-state index contributed by atoms with van der Waals surface area (Å²) < 4.78 is 26.9. The maximum absolute atomic E-state index is 13.8. The highest BCUT2D eigenvalue weighted by Gasteiger charge is 2.31. The number of nitrogens with one attached hydrogen (secondary N) is 2. The molecular formula is C37H43N4O4S-. The van der Waals surface area contributed by atoms with Crippen LogP contribution in [0.25, 0.3) is 10.8 Å². The number of anilines is 1. The molecule has 1 fully saturated rings. The van der Waals surface area contributed by atoms with Crippen molar-refractivity contribution in [2.24, 2.45) is 0 Å². The number of carbonyl (C=O) groups is 2. The van der Waals surface area contributed by atoms with E-state index in [0.29, 0.717) is 30.8 Å². The van der Waals surface area contributed by atoms with Crippen LogP contribution in [0.2, 0.25) is 0 Å². The normalized spacial score (nSPS) is 15.3. The monoisotopic (exact) mass is 639 g/mol. The summed E-state index contributed by atoms with van der Waals surface area (Å²) in [5, 5.41) is 8.37. The first-order chi connectivity index (χ1) is 22.1. The molecule has 0 aromatic heterocycles. The number of benzene rings is 4. The lowest BCUT2D eigenvalue weighted by Crippen LogP contribution is -2.49. The average molecular weight is 640 g/mol. The summed E-state index contributed by atoms with van der Waals surface area (Å²) >= 11 is -2.69. The fourth-order valence-corrected chi connectivity index (χ4v) is 6.57. The molecule has 4 aromatic carbocycles. The molecule has 1 heterocycles. The van der Waals surface area contributed by atoms with Gasteiger partial charge in [0, 0.05) is 48.5 Å². The summed E-state index contributed by atoms with van der Waals surface area (Å²) in [6, 6.07) is 28.8. The predicted molar refractivity (Wildman–Crippen MR) is 184 cm³/mol. The van der Waals surface area contributed by atoms with Crippen LogP contribution in [0, 0.1) is 0 Å². The maximum Gasteiger partial charge on any atom is 0.245 e. The van der Waals surface area contributed by atoms with E-state index < -0.39 is 29.3 Å². The Hall–Kier alpha value is -4.05. The average Bonchev–Trinajstić information content (AvgIpc) is 3.59. The van der Waals surface area contributed by atoms with E-state index in [0.717, 1.165) is 41.3 Å². The zero-order chi connectivity index (χ0) is 32.7. The molecule has 4 aromatic rings. The van der Waals surface area contributed by atoms with Gasteiger partial charge in [-0.3, -0.25) is 18.1 Å². The second kappa shape index (κ2) is 15.0. The Bertz CT molecular complexity index is 1650. The lowest BCUT2D eigenvalue weighted by atomic mass is 10.00. The summed E-state index contributed by atoms with van der Waals surface area (Å²) in [5.41, 5.74) is 3.21. The number of amides is 2. The Kier molecular flexibility index (Phi) is 10.9. The number of likely N-dealkylation sites (tertiary alicyclic amines) is 1. The van der Waals surface area contributed by atoms with E-state index in [1.165, 1.54) is 4.31 Å². The first-order valence-electron chi connectivity index (χ1n) is 15.9. The Morgan fingerprint density at radius 1 is 0.870 bits per heavy atom. The quantitative estimate of drug-likeness (QED) is 0.191. The summed E-state index contributed by atoms with van der Waals surface area (Å²) in [5.74, 6) is -0.506. The van der Waals surface area contributed by atoms with Crippen LogP contribution in [-0.2, 0) is 33.8 Å². The minimum atomic E-state index is -2.69. The number of carbonyl (C=O) groups excluding carboxylic acids is 2. The van der Waals surface area contributed by atoms with Gasteiger partial charge < -0.3 is 20.1 Å². The maximum atomic E-state index is 13.8. The molecule has 0 saturated carbocycles. The minimum Gasteiger partial charge on any atom is -0.755 e. The molecule has 2 N–H and O–H groups in total. The smallest absolute Gasteiger partial charge is 0.245 e. The molecule has 0 bridgehead atoms. The Morgan fingerprint density at radius 2 is 1.50 bits per heavy atom.